The van der Waals surface area contributed by atoms with Crippen molar-refractivity contribution in [2.75, 3.05) is 0 Å². The first-order chi connectivity index (χ1) is 14.2. The van der Waals surface area contributed by atoms with Crippen molar-refractivity contribution in [3.63, 3.8) is 0 Å². The highest BCUT2D eigenvalue weighted by molar-refractivity contribution is 5.91. The minimum Gasteiger partial charge on any atom is -0.423 e. The Morgan fingerprint density at radius 1 is 1.03 bits per heavy atom. The fraction of sp³-hybridized carbons (Fsp3) is 0.296. The zero-order valence-electron chi connectivity index (χ0n) is 18.2. The third-order valence-corrected chi connectivity index (χ3v) is 5.87. The highest BCUT2D eigenvalue weighted by Gasteiger charge is 2.31. The molecule has 0 spiro atoms. The summed E-state index contributed by atoms with van der Waals surface area (Å²) in [6.07, 6.45) is 3.26. The van der Waals surface area contributed by atoms with Gasteiger partial charge in [-0.05, 0) is 79.5 Å². The van der Waals surface area contributed by atoms with Crippen LogP contribution in [0.3, 0.4) is 0 Å². The summed E-state index contributed by atoms with van der Waals surface area (Å²) in [6, 6.07) is 15.3. The first-order valence-corrected chi connectivity index (χ1v) is 10.3. The van der Waals surface area contributed by atoms with E-state index in [9.17, 15) is 4.79 Å². The van der Waals surface area contributed by atoms with Crippen molar-refractivity contribution in [1.29, 1.82) is 0 Å². The summed E-state index contributed by atoms with van der Waals surface area (Å²) in [6.45, 7) is 12.5. The average molecular weight is 405 g/mol. The molecule has 3 heteroatoms. The maximum absolute atomic E-state index is 15.3. The van der Waals surface area contributed by atoms with Gasteiger partial charge < -0.3 is 4.74 Å². The van der Waals surface area contributed by atoms with Gasteiger partial charge in [0.05, 0.1) is 5.56 Å². The first kappa shape index (κ1) is 21.8. The van der Waals surface area contributed by atoms with Gasteiger partial charge in [0, 0.05) is 5.56 Å². The maximum Gasteiger partial charge on any atom is 0.343 e. The van der Waals surface area contributed by atoms with Crippen LogP contribution in [0.2, 0.25) is 0 Å². The van der Waals surface area contributed by atoms with E-state index in [-0.39, 0.29) is 11.2 Å². The monoisotopic (exact) mass is 404 g/mol. The van der Waals surface area contributed by atoms with Crippen molar-refractivity contribution in [3.8, 4) is 5.75 Å². The smallest absolute Gasteiger partial charge is 0.343 e. The molecule has 0 atom stereocenters. The zero-order chi connectivity index (χ0) is 21.9. The van der Waals surface area contributed by atoms with E-state index in [2.05, 4.69) is 27.4 Å². The van der Waals surface area contributed by atoms with Crippen molar-refractivity contribution in [1.82, 2.24) is 0 Å². The Morgan fingerprint density at radius 3 is 2.23 bits per heavy atom. The topological polar surface area (TPSA) is 26.3 Å². The van der Waals surface area contributed by atoms with Crippen LogP contribution in [-0.4, -0.2) is 5.97 Å². The Morgan fingerprint density at radius 2 is 1.63 bits per heavy atom. The van der Waals surface area contributed by atoms with Gasteiger partial charge in [-0.1, -0.05) is 56.3 Å². The van der Waals surface area contributed by atoms with Gasteiger partial charge in [-0.15, -0.1) is 0 Å². The van der Waals surface area contributed by atoms with Gasteiger partial charge in [0.25, 0.3) is 0 Å². The molecule has 0 heterocycles. The van der Waals surface area contributed by atoms with E-state index in [1.807, 2.05) is 6.07 Å². The lowest BCUT2D eigenvalue weighted by molar-refractivity contribution is 0.0734. The molecule has 0 fully saturated rings. The molecule has 3 rings (SSSR count). The molecule has 2 aromatic carbocycles. The van der Waals surface area contributed by atoms with Gasteiger partial charge in [0.1, 0.15) is 11.6 Å². The van der Waals surface area contributed by atoms with Crippen molar-refractivity contribution in [2.45, 2.75) is 47.0 Å². The molecule has 0 N–H and O–H groups in total. The van der Waals surface area contributed by atoms with Gasteiger partial charge in [-0.25, -0.2) is 9.18 Å². The lowest BCUT2D eigenvalue weighted by Gasteiger charge is -2.36. The fourth-order valence-corrected chi connectivity index (χ4v) is 4.23. The van der Waals surface area contributed by atoms with Gasteiger partial charge in [0.15, 0.2) is 0 Å². The molecule has 1 aliphatic rings. The van der Waals surface area contributed by atoms with Gasteiger partial charge >= 0.3 is 5.97 Å². The van der Waals surface area contributed by atoms with E-state index in [1.165, 1.54) is 11.1 Å². The van der Waals surface area contributed by atoms with E-state index in [0.29, 0.717) is 22.4 Å². The molecule has 0 aromatic heterocycles. The van der Waals surface area contributed by atoms with Gasteiger partial charge in [-0.2, -0.15) is 0 Å². The maximum atomic E-state index is 15.3. The molecule has 156 valence electrons. The quantitative estimate of drug-likeness (QED) is 0.290. The number of allylic oxidation sites excluding steroid dienone is 4. The molecular weight excluding hydrogens is 375 g/mol. The van der Waals surface area contributed by atoms with E-state index < -0.39 is 5.97 Å². The largest absolute Gasteiger partial charge is 0.423 e. The Hall–Kier alpha value is -2.94. The molecule has 0 radical (unpaired) electrons. The van der Waals surface area contributed by atoms with Crippen LogP contribution in [0, 0.1) is 5.41 Å². The van der Waals surface area contributed by atoms with Crippen LogP contribution in [0.25, 0.3) is 5.83 Å². The van der Waals surface area contributed by atoms with Crippen LogP contribution in [0.1, 0.15) is 62.9 Å². The number of carbonyl (C=O) groups is 1. The Kier molecular flexibility index (Phi) is 6.40. The number of rotatable bonds is 5. The van der Waals surface area contributed by atoms with Crippen molar-refractivity contribution in [2.24, 2.45) is 5.41 Å². The number of esters is 1. The van der Waals surface area contributed by atoms with Crippen LogP contribution < -0.4 is 4.74 Å². The highest BCUT2D eigenvalue weighted by Crippen LogP contribution is 2.46. The number of halogens is 1. The summed E-state index contributed by atoms with van der Waals surface area (Å²) in [5.74, 6) is -0.309. The molecule has 2 nitrogen and oxygen atoms in total. The predicted molar refractivity (Wildman–Crippen MR) is 121 cm³/mol. The van der Waals surface area contributed by atoms with E-state index >= 15 is 4.39 Å². The lowest BCUT2D eigenvalue weighted by Crippen LogP contribution is -2.22. The van der Waals surface area contributed by atoms with E-state index in [4.69, 9.17) is 4.74 Å². The Bertz CT molecular complexity index is 1010. The first-order valence-electron chi connectivity index (χ1n) is 10.3. The van der Waals surface area contributed by atoms with Crippen molar-refractivity contribution in [3.05, 3.63) is 94.6 Å². The number of carbonyl (C=O) groups excluding carboxylic acids is 1. The second-order valence-corrected chi connectivity index (χ2v) is 8.59. The Labute approximate surface area is 178 Å². The highest BCUT2D eigenvalue weighted by atomic mass is 19.1. The number of para-hydroxylation sites is 1. The van der Waals surface area contributed by atoms with Gasteiger partial charge in [0.2, 0.25) is 0 Å². The minimum absolute atomic E-state index is 0.00793. The SMILES string of the molecule is C=C(C1=C(C)CCCC1(C)C)/C(C)=C(\F)c1ccc(C(=O)Oc2ccccc2)cc1. The molecule has 0 bridgehead atoms. The zero-order valence-corrected chi connectivity index (χ0v) is 18.2. The standard InChI is InChI=1S/C27H29FO2/c1-18-10-9-17-27(4,5)24(18)19(2)20(3)25(28)21-13-15-22(16-14-21)26(29)30-23-11-7-6-8-12-23/h6-8,11-16H,2,9-10,17H2,1,3-5H3/b25-20-. The van der Waals surface area contributed by atoms with Crippen LogP contribution in [-0.2, 0) is 0 Å². The number of ether oxygens (including phenoxy) is 1. The normalized spacial score (nSPS) is 16.7. The van der Waals surface area contributed by atoms with Gasteiger partial charge in [-0.3, -0.25) is 0 Å². The van der Waals surface area contributed by atoms with Crippen LogP contribution in [0.5, 0.6) is 5.75 Å². The third kappa shape index (κ3) is 4.62. The predicted octanol–water partition coefficient (Wildman–Crippen LogP) is 7.69. The van der Waals surface area contributed by atoms with E-state index in [0.717, 1.165) is 24.8 Å². The number of hydrogen-bond acceptors (Lipinski definition) is 2. The summed E-state index contributed by atoms with van der Waals surface area (Å²) in [5, 5.41) is 0. The summed E-state index contributed by atoms with van der Waals surface area (Å²) in [4.78, 5) is 12.3. The van der Waals surface area contributed by atoms with E-state index in [1.54, 1.807) is 55.5 Å². The second kappa shape index (κ2) is 8.83. The Balaban J connectivity index is 1.82. The molecule has 0 aliphatic heterocycles. The molecule has 0 saturated heterocycles. The summed E-state index contributed by atoms with van der Waals surface area (Å²) in [7, 11) is 0. The molecule has 1 aliphatic carbocycles. The number of hydrogen-bond donors (Lipinski definition) is 0. The summed E-state index contributed by atoms with van der Waals surface area (Å²) in [5.41, 5.74) is 4.56. The molecule has 0 saturated carbocycles. The average Bonchev–Trinajstić information content (AvgIpc) is 2.72. The molecule has 30 heavy (non-hydrogen) atoms. The molecular formula is C27H29FO2. The minimum atomic E-state index is -0.469. The number of benzene rings is 2. The van der Waals surface area contributed by atoms with Crippen molar-refractivity contribution < 1.29 is 13.9 Å². The van der Waals surface area contributed by atoms with Crippen LogP contribution in [0.4, 0.5) is 4.39 Å². The second-order valence-electron chi connectivity index (χ2n) is 8.59. The summed E-state index contributed by atoms with van der Waals surface area (Å²) >= 11 is 0. The molecule has 2 aromatic rings. The van der Waals surface area contributed by atoms with Crippen LogP contribution >= 0.6 is 0 Å². The lowest BCUT2D eigenvalue weighted by atomic mass is 9.69. The molecule has 0 amide bonds. The van der Waals surface area contributed by atoms with Crippen molar-refractivity contribution >= 4 is 11.8 Å². The summed E-state index contributed by atoms with van der Waals surface area (Å²) < 4.78 is 20.6. The third-order valence-electron chi connectivity index (χ3n) is 5.87. The van der Waals surface area contributed by atoms with Crippen LogP contribution in [0.15, 0.2) is 83.5 Å². The fourth-order valence-electron chi connectivity index (χ4n) is 4.23. The molecule has 0 unspecified atom stereocenters.